The van der Waals surface area contributed by atoms with Crippen molar-refractivity contribution >= 4 is 34.8 Å². The molecule has 0 bridgehead atoms. The molecule has 1 rings (SSSR count). The Morgan fingerprint density at radius 2 is 1.93 bits per heavy atom. The zero-order valence-corrected chi connectivity index (χ0v) is 10.2. The predicted octanol–water partition coefficient (Wildman–Crippen LogP) is 3.69. The van der Waals surface area contributed by atoms with Gasteiger partial charge in [-0.05, 0) is 37.6 Å². The minimum absolute atomic E-state index is 0.200. The zero-order valence-electron chi connectivity index (χ0n) is 8.68. The summed E-state index contributed by atoms with van der Waals surface area (Å²) in [6, 6.07) is 6.91. The topological polar surface area (TPSA) is 29.1 Å². The van der Waals surface area contributed by atoms with E-state index in [2.05, 4.69) is 5.32 Å². The van der Waals surface area contributed by atoms with Crippen LogP contribution in [0.1, 0.15) is 20.3 Å². The molecule has 1 atom stereocenters. The Balaban J connectivity index is 2.71. The van der Waals surface area contributed by atoms with Crippen LogP contribution in [0.4, 0.5) is 5.69 Å². The largest absolute Gasteiger partial charge is 0.325 e. The van der Waals surface area contributed by atoms with Gasteiger partial charge in [-0.15, -0.1) is 11.6 Å². The Labute approximate surface area is 99.6 Å². The van der Waals surface area contributed by atoms with E-state index in [0.29, 0.717) is 17.1 Å². The maximum atomic E-state index is 11.7. The van der Waals surface area contributed by atoms with E-state index in [1.165, 1.54) is 0 Å². The highest BCUT2D eigenvalue weighted by molar-refractivity contribution is 6.36. The van der Waals surface area contributed by atoms with Gasteiger partial charge in [0.2, 0.25) is 5.91 Å². The Bertz CT molecular complexity index is 346. The lowest BCUT2D eigenvalue weighted by molar-refractivity contribution is -0.118. The number of rotatable bonds is 3. The van der Waals surface area contributed by atoms with Crippen LogP contribution in [0.5, 0.6) is 0 Å². The fourth-order valence-corrected chi connectivity index (χ4v) is 1.13. The first-order valence-electron chi connectivity index (χ1n) is 4.71. The van der Waals surface area contributed by atoms with Crippen LogP contribution in [0.3, 0.4) is 0 Å². The third kappa shape index (κ3) is 3.40. The van der Waals surface area contributed by atoms with Crippen LogP contribution in [0.15, 0.2) is 24.3 Å². The van der Waals surface area contributed by atoms with Gasteiger partial charge in [-0.3, -0.25) is 4.79 Å². The van der Waals surface area contributed by atoms with E-state index in [0.717, 1.165) is 0 Å². The number of hydrogen-bond donors (Lipinski definition) is 1. The van der Waals surface area contributed by atoms with Crippen molar-refractivity contribution < 1.29 is 4.79 Å². The molecule has 4 heteroatoms. The van der Waals surface area contributed by atoms with Gasteiger partial charge < -0.3 is 5.32 Å². The quantitative estimate of drug-likeness (QED) is 0.809. The predicted molar refractivity (Wildman–Crippen MR) is 64.6 cm³/mol. The minimum Gasteiger partial charge on any atom is -0.325 e. The fraction of sp³-hybridized carbons (Fsp3) is 0.364. The Morgan fingerprint density at radius 1 is 1.40 bits per heavy atom. The van der Waals surface area contributed by atoms with Crippen LogP contribution in [0.2, 0.25) is 5.02 Å². The second kappa shape index (κ2) is 4.86. The highest BCUT2D eigenvalue weighted by Gasteiger charge is 2.28. The van der Waals surface area contributed by atoms with Gasteiger partial charge >= 0.3 is 0 Å². The van der Waals surface area contributed by atoms with Gasteiger partial charge in [0.05, 0.1) is 0 Å². The Kier molecular flexibility index (Phi) is 4.00. The number of halogens is 2. The third-order valence-corrected chi connectivity index (χ3v) is 2.93. The molecule has 0 saturated heterocycles. The second-order valence-electron chi connectivity index (χ2n) is 3.51. The van der Waals surface area contributed by atoms with Crippen molar-refractivity contribution in [3.63, 3.8) is 0 Å². The van der Waals surface area contributed by atoms with Crippen LogP contribution < -0.4 is 5.32 Å². The van der Waals surface area contributed by atoms with E-state index in [1.54, 1.807) is 31.2 Å². The van der Waals surface area contributed by atoms with E-state index in [1.807, 2.05) is 6.92 Å². The van der Waals surface area contributed by atoms with Crippen molar-refractivity contribution in [1.82, 2.24) is 0 Å². The first-order chi connectivity index (χ1) is 6.95. The number of carbonyl (C=O) groups is 1. The van der Waals surface area contributed by atoms with Crippen molar-refractivity contribution in [2.75, 3.05) is 5.32 Å². The normalized spacial score (nSPS) is 14.4. The summed E-state index contributed by atoms with van der Waals surface area (Å²) in [6.45, 7) is 3.56. The van der Waals surface area contributed by atoms with Crippen molar-refractivity contribution in [2.24, 2.45) is 0 Å². The molecule has 1 amide bonds. The van der Waals surface area contributed by atoms with Gasteiger partial charge in [0.25, 0.3) is 0 Å². The maximum Gasteiger partial charge on any atom is 0.245 e. The summed E-state index contributed by atoms with van der Waals surface area (Å²) >= 11 is 11.7. The summed E-state index contributed by atoms with van der Waals surface area (Å²) in [5.41, 5.74) is 0.699. The monoisotopic (exact) mass is 245 g/mol. The van der Waals surface area contributed by atoms with Crippen molar-refractivity contribution in [2.45, 2.75) is 25.1 Å². The van der Waals surface area contributed by atoms with Crippen LogP contribution in [0, 0.1) is 0 Å². The van der Waals surface area contributed by atoms with Crippen molar-refractivity contribution in [3.8, 4) is 0 Å². The minimum atomic E-state index is -0.861. The Hall–Kier alpha value is -0.730. The first-order valence-corrected chi connectivity index (χ1v) is 5.47. The smallest absolute Gasteiger partial charge is 0.245 e. The molecular weight excluding hydrogens is 233 g/mol. The number of hydrogen-bond acceptors (Lipinski definition) is 1. The lowest BCUT2D eigenvalue weighted by Crippen LogP contribution is -2.33. The second-order valence-corrected chi connectivity index (χ2v) is 4.78. The average Bonchev–Trinajstić information content (AvgIpc) is 2.21. The molecule has 1 unspecified atom stereocenters. The highest BCUT2D eigenvalue weighted by atomic mass is 35.5. The number of amides is 1. The number of anilines is 1. The van der Waals surface area contributed by atoms with Crippen molar-refractivity contribution in [3.05, 3.63) is 29.3 Å². The van der Waals surface area contributed by atoms with E-state index in [-0.39, 0.29) is 5.91 Å². The third-order valence-electron chi connectivity index (χ3n) is 2.24. The molecule has 0 aliphatic rings. The number of alkyl halides is 1. The van der Waals surface area contributed by atoms with Gasteiger partial charge in [-0.2, -0.15) is 0 Å². The number of benzene rings is 1. The summed E-state index contributed by atoms with van der Waals surface area (Å²) in [5, 5.41) is 3.37. The lowest BCUT2D eigenvalue weighted by atomic mass is 10.1. The molecule has 0 saturated carbocycles. The van der Waals surface area contributed by atoms with E-state index in [4.69, 9.17) is 23.2 Å². The Morgan fingerprint density at radius 3 is 2.40 bits per heavy atom. The summed E-state index contributed by atoms with van der Waals surface area (Å²) < 4.78 is 0. The molecule has 0 spiro atoms. The molecule has 0 fully saturated rings. The first kappa shape index (κ1) is 12.3. The zero-order chi connectivity index (χ0) is 11.5. The van der Waals surface area contributed by atoms with Gasteiger partial charge in [0, 0.05) is 10.7 Å². The fourth-order valence-electron chi connectivity index (χ4n) is 0.955. The van der Waals surface area contributed by atoms with Crippen molar-refractivity contribution in [1.29, 1.82) is 0 Å². The molecule has 0 heterocycles. The summed E-state index contributed by atoms with van der Waals surface area (Å²) in [6.07, 6.45) is 0.577. The molecule has 0 aliphatic carbocycles. The van der Waals surface area contributed by atoms with E-state index < -0.39 is 4.87 Å². The molecule has 1 aromatic rings. The molecule has 0 radical (unpaired) electrons. The van der Waals surface area contributed by atoms with Crippen LogP contribution >= 0.6 is 23.2 Å². The standard InChI is InChI=1S/C11H13Cl2NO/c1-3-11(2,13)10(15)14-9-6-4-8(12)5-7-9/h4-7H,3H2,1-2H3,(H,14,15). The summed E-state index contributed by atoms with van der Waals surface area (Å²) in [4.78, 5) is 10.8. The molecular formula is C11H13Cl2NO. The molecule has 15 heavy (non-hydrogen) atoms. The van der Waals surface area contributed by atoms with Crippen LogP contribution in [0.25, 0.3) is 0 Å². The molecule has 1 aromatic carbocycles. The molecule has 82 valence electrons. The van der Waals surface area contributed by atoms with E-state index >= 15 is 0 Å². The van der Waals surface area contributed by atoms with E-state index in [9.17, 15) is 4.79 Å². The average molecular weight is 246 g/mol. The SMILES string of the molecule is CCC(C)(Cl)C(=O)Nc1ccc(Cl)cc1. The van der Waals surface area contributed by atoms with Crippen LogP contribution in [-0.4, -0.2) is 10.8 Å². The van der Waals surface area contributed by atoms with Crippen LogP contribution in [-0.2, 0) is 4.79 Å². The summed E-state index contributed by atoms with van der Waals surface area (Å²) in [7, 11) is 0. The number of carbonyl (C=O) groups excluding carboxylic acids is 1. The molecule has 0 aromatic heterocycles. The van der Waals surface area contributed by atoms with Gasteiger partial charge in [0.15, 0.2) is 0 Å². The van der Waals surface area contributed by atoms with Gasteiger partial charge in [-0.25, -0.2) is 0 Å². The molecule has 0 aliphatic heterocycles. The maximum absolute atomic E-state index is 11.7. The summed E-state index contributed by atoms with van der Waals surface area (Å²) in [5.74, 6) is -0.200. The van der Waals surface area contributed by atoms with Gasteiger partial charge in [-0.1, -0.05) is 18.5 Å². The lowest BCUT2D eigenvalue weighted by Gasteiger charge is -2.18. The highest BCUT2D eigenvalue weighted by Crippen LogP contribution is 2.21. The number of nitrogens with one attached hydrogen (secondary N) is 1. The molecule has 2 nitrogen and oxygen atoms in total. The van der Waals surface area contributed by atoms with Gasteiger partial charge in [0.1, 0.15) is 4.87 Å². The molecule has 1 N–H and O–H groups in total.